The maximum atomic E-state index is 13.5. The predicted molar refractivity (Wildman–Crippen MR) is 140 cm³/mol. The van der Waals surface area contributed by atoms with Gasteiger partial charge in [-0.15, -0.1) is 0 Å². The number of benzene rings is 3. The highest BCUT2D eigenvalue weighted by atomic mass is 16.2. The summed E-state index contributed by atoms with van der Waals surface area (Å²) in [4.78, 5) is 30.3. The lowest BCUT2D eigenvalue weighted by molar-refractivity contribution is 0.0733. The van der Waals surface area contributed by atoms with E-state index in [-0.39, 0.29) is 5.91 Å². The summed E-state index contributed by atoms with van der Waals surface area (Å²) in [5, 5.41) is 2.23. The third kappa shape index (κ3) is 4.26. The monoisotopic (exact) mass is 463 g/mol. The molecule has 6 heteroatoms. The van der Waals surface area contributed by atoms with Crippen LogP contribution in [0.25, 0.3) is 22.2 Å². The normalized spacial score (nSPS) is 16.4. The molecule has 0 atom stereocenters. The second kappa shape index (κ2) is 9.12. The highest BCUT2D eigenvalue weighted by Crippen LogP contribution is 2.31. The minimum Gasteiger partial charge on any atom is -0.354 e. The lowest BCUT2D eigenvalue weighted by Gasteiger charge is -2.37. The number of anilines is 1. The Morgan fingerprint density at radius 2 is 1.54 bits per heavy atom. The third-order valence-corrected chi connectivity index (χ3v) is 7.16. The molecule has 1 aromatic heterocycles. The quantitative estimate of drug-likeness (QED) is 0.455. The van der Waals surface area contributed by atoms with Gasteiger partial charge in [0.15, 0.2) is 5.82 Å². The van der Waals surface area contributed by atoms with Gasteiger partial charge in [0.25, 0.3) is 5.91 Å². The van der Waals surface area contributed by atoms with Crippen LogP contribution in [0.4, 0.5) is 5.82 Å². The topological polar surface area (TPSA) is 52.6 Å². The van der Waals surface area contributed by atoms with Crippen molar-refractivity contribution in [1.29, 1.82) is 0 Å². The van der Waals surface area contributed by atoms with E-state index in [0.29, 0.717) is 13.1 Å². The summed E-state index contributed by atoms with van der Waals surface area (Å²) in [6.45, 7) is 5.04. The fourth-order valence-electron chi connectivity index (χ4n) is 5.07. The van der Waals surface area contributed by atoms with Gasteiger partial charge in [-0.2, -0.15) is 0 Å². The molecular formula is C29H29N5O. The van der Waals surface area contributed by atoms with Crippen LogP contribution in [-0.4, -0.2) is 65.4 Å². The summed E-state index contributed by atoms with van der Waals surface area (Å²) in [6.07, 6.45) is 0.734. The Kier molecular flexibility index (Phi) is 5.66. The van der Waals surface area contributed by atoms with Crippen LogP contribution in [0.15, 0.2) is 72.8 Å². The van der Waals surface area contributed by atoms with Gasteiger partial charge in [-0.25, -0.2) is 9.97 Å². The summed E-state index contributed by atoms with van der Waals surface area (Å²) in [5.74, 6) is 1.82. The van der Waals surface area contributed by atoms with Crippen LogP contribution in [0.5, 0.6) is 0 Å². The van der Waals surface area contributed by atoms with Gasteiger partial charge in [-0.1, -0.05) is 60.7 Å². The average molecular weight is 464 g/mol. The molecule has 2 aliphatic heterocycles. The minimum atomic E-state index is 0.0675. The number of fused-ring (bicyclic) bond motifs is 2. The molecule has 0 N–H and O–H groups in total. The first-order valence-corrected chi connectivity index (χ1v) is 12.3. The van der Waals surface area contributed by atoms with Crippen LogP contribution in [0, 0.1) is 0 Å². The van der Waals surface area contributed by atoms with Crippen molar-refractivity contribution in [1.82, 2.24) is 19.8 Å². The molecule has 4 aromatic rings. The van der Waals surface area contributed by atoms with E-state index in [0.717, 1.165) is 77.4 Å². The van der Waals surface area contributed by atoms with Crippen molar-refractivity contribution in [2.45, 2.75) is 13.0 Å². The van der Waals surface area contributed by atoms with Gasteiger partial charge < -0.3 is 14.7 Å². The Balaban J connectivity index is 1.35. The standard InChI is InChI=1S/C29H29N5O/c1-32-15-17-33(18-16-32)28-25-20-34(29(35)24-12-11-21-7-5-6-10-23(21)19-24)14-13-26(25)30-27(31-28)22-8-3-2-4-9-22/h2-12,19H,13-18,20H2,1H3. The smallest absolute Gasteiger partial charge is 0.254 e. The SMILES string of the molecule is CN1CCN(c2nc(-c3ccccc3)nc3c2CN(C(=O)c2ccc4ccccc4c2)CC3)CC1. The molecule has 1 fully saturated rings. The van der Waals surface area contributed by atoms with Crippen molar-refractivity contribution in [2.24, 2.45) is 0 Å². The van der Waals surface area contributed by atoms with Crippen LogP contribution < -0.4 is 4.90 Å². The molecule has 0 saturated carbocycles. The number of rotatable bonds is 3. The average Bonchev–Trinajstić information content (AvgIpc) is 2.92. The predicted octanol–water partition coefficient (Wildman–Crippen LogP) is 4.25. The van der Waals surface area contributed by atoms with Crippen molar-refractivity contribution in [3.8, 4) is 11.4 Å². The zero-order chi connectivity index (χ0) is 23.8. The number of hydrogen-bond acceptors (Lipinski definition) is 5. The van der Waals surface area contributed by atoms with Crippen molar-refractivity contribution >= 4 is 22.5 Å². The molecule has 3 heterocycles. The van der Waals surface area contributed by atoms with E-state index in [2.05, 4.69) is 41.1 Å². The zero-order valence-corrected chi connectivity index (χ0v) is 20.0. The molecule has 6 rings (SSSR count). The van der Waals surface area contributed by atoms with Gasteiger partial charge >= 0.3 is 0 Å². The summed E-state index contributed by atoms with van der Waals surface area (Å²) in [5.41, 5.74) is 3.92. The van der Waals surface area contributed by atoms with Crippen LogP contribution in [-0.2, 0) is 13.0 Å². The van der Waals surface area contributed by atoms with E-state index < -0.39 is 0 Å². The number of piperazine rings is 1. The summed E-state index contributed by atoms with van der Waals surface area (Å²) in [7, 11) is 2.16. The molecule has 0 radical (unpaired) electrons. The minimum absolute atomic E-state index is 0.0675. The summed E-state index contributed by atoms with van der Waals surface area (Å²) >= 11 is 0. The first-order chi connectivity index (χ1) is 17.2. The molecular weight excluding hydrogens is 434 g/mol. The van der Waals surface area contributed by atoms with Crippen LogP contribution in [0.2, 0.25) is 0 Å². The Bertz CT molecular complexity index is 1380. The van der Waals surface area contributed by atoms with Crippen LogP contribution in [0.1, 0.15) is 21.6 Å². The van der Waals surface area contributed by atoms with Crippen molar-refractivity contribution in [2.75, 3.05) is 44.7 Å². The lowest BCUT2D eigenvalue weighted by atomic mass is 10.0. The Morgan fingerprint density at radius 1 is 0.800 bits per heavy atom. The molecule has 3 aromatic carbocycles. The molecule has 6 nitrogen and oxygen atoms in total. The summed E-state index contributed by atoms with van der Waals surface area (Å²) in [6, 6.07) is 24.3. The molecule has 2 aliphatic rings. The fraction of sp³-hybridized carbons (Fsp3) is 0.276. The van der Waals surface area contributed by atoms with Gasteiger partial charge in [-0.3, -0.25) is 4.79 Å². The highest BCUT2D eigenvalue weighted by molar-refractivity contribution is 5.98. The molecule has 0 aliphatic carbocycles. The van der Waals surface area contributed by atoms with E-state index in [1.807, 2.05) is 53.4 Å². The van der Waals surface area contributed by atoms with Gasteiger partial charge in [-0.05, 0) is 30.0 Å². The maximum Gasteiger partial charge on any atom is 0.254 e. The van der Waals surface area contributed by atoms with Gasteiger partial charge in [0, 0.05) is 55.8 Å². The second-order valence-corrected chi connectivity index (χ2v) is 9.49. The van der Waals surface area contributed by atoms with Crippen LogP contribution >= 0.6 is 0 Å². The van der Waals surface area contributed by atoms with E-state index in [9.17, 15) is 4.79 Å². The Morgan fingerprint density at radius 3 is 2.34 bits per heavy atom. The second-order valence-electron chi connectivity index (χ2n) is 9.49. The van der Waals surface area contributed by atoms with Gasteiger partial charge in [0.2, 0.25) is 0 Å². The molecule has 0 bridgehead atoms. The Hall–Kier alpha value is -3.77. The number of likely N-dealkylation sites (N-methyl/N-ethyl adjacent to an activating group) is 1. The van der Waals surface area contributed by atoms with Crippen molar-refractivity contribution < 1.29 is 4.79 Å². The molecule has 176 valence electrons. The number of hydrogen-bond donors (Lipinski definition) is 0. The van der Waals surface area contributed by atoms with E-state index >= 15 is 0 Å². The van der Waals surface area contributed by atoms with E-state index in [1.165, 1.54) is 0 Å². The number of aromatic nitrogens is 2. The third-order valence-electron chi connectivity index (χ3n) is 7.16. The van der Waals surface area contributed by atoms with Crippen LogP contribution in [0.3, 0.4) is 0 Å². The Labute approximate surface area is 205 Å². The number of carbonyl (C=O) groups is 1. The first-order valence-electron chi connectivity index (χ1n) is 12.3. The summed E-state index contributed by atoms with van der Waals surface area (Å²) < 4.78 is 0. The molecule has 0 spiro atoms. The molecule has 1 amide bonds. The highest BCUT2D eigenvalue weighted by Gasteiger charge is 2.29. The number of amides is 1. The van der Waals surface area contributed by atoms with E-state index in [1.54, 1.807) is 0 Å². The number of carbonyl (C=O) groups excluding carboxylic acids is 1. The molecule has 35 heavy (non-hydrogen) atoms. The maximum absolute atomic E-state index is 13.5. The molecule has 1 saturated heterocycles. The van der Waals surface area contributed by atoms with Crippen molar-refractivity contribution in [3.05, 3.63) is 89.6 Å². The van der Waals surface area contributed by atoms with Gasteiger partial charge in [0.1, 0.15) is 5.82 Å². The first kappa shape index (κ1) is 21.7. The molecule has 0 unspecified atom stereocenters. The van der Waals surface area contributed by atoms with Gasteiger partial charge in [0.05, 0.1) is 12.2 Å². The zero-order valence-electron chi connectivity index (χ0n) is 20.0. The fourth-order valence-corrected chi connectivity index (χ4v) is 5.07. The number of nitrogens with zero attached hydrogens (tertiary/aromatic N) is 5. The van der Waals surface area contributed by atoms with E-state index in [4.69, 9.17) is 9.97 Å². The van der Waals surface area contributed by atoms with Crippen molar-refractivity contribution in [3.63, 3.8) is 0 Å². The largest absolute Gasteiger partial charge is 0.354 e. The lowest BCUT2D eigenvalue weighted by Crippen LogP contribution is -2.46.